The standard InChI is InChI=1S/C16H21N3O2/c1-2-19-12-7-8-13(14(20)9-12)15(19)10-3-5-11(6-4-10)16(21)18-17/h3-6,12-13,15H,2,7-9,17H2,1H3,(H,18,21). The number of ketones is 1. The van der Waals surface area contributed by atoms with Crippen molar-refractivity contribution in [3.05, 3.63) is 35.4 Å². The number of amides is 1. The van der Waals surface area contributed by atoms with Gasteiger partial charge >= 0.3 is 0 Å². The summed E-state index contributed by atoms with van der Waals surface area (Å²) in [5, 5.41) is 0. The fraction of sp³-hybridized carbons (Fsp3) is 0.500. The van der Waals surface area contributed by atoms with Gasteiger partial charge in [-0.15, -0.1) is 0 Å². The van der Waals surface area contributed by atoms with Crippen molar-refractivity contribution in [2.24, 2.45) is 11.8 Å². The third kappa shape index (κ3) is 2.36. The Hall–Kier alpha value is -1.72. The minimum absolute atomic E-state index is 0.101. The van der Waals surface area contributed by atoms with Crippen LogP contribution in [0.1, 0.15) is 48.1 Å². The molecule has 3 fully saturated rings. The number of hydrazine groups is 1. The zero-order chi connectivity index (χ0) is 15.0. The van der Waals surface area contributed by atoms with Crippen molar-refractivity contribution < 1.29 is 9.59 Å². The molecule has 1 aliphatic carbocycles. The number of piperidine rings is 2. The summed E-state index contributed by atoms with van der Waals surface area (Å²) in [4.78, 5) is 26.2. The van der Waals surface area contributed by atoms with Crippen LogP contribution in [0.4, 0.5) is 0 Å². The number of nitrogen functional groups attached to an aromatic ring is 1. The van der Waals surface area contributed by atoms with Gasteiger partial charge in [0.05, 0.1) is 0 Å². The summed E-state index contributed by atoms with van der Waals surface area (Å²) in [6, 6.07) is 7.99. The number of nitrogens with two attached hydrogens (primary N) is 1. The second kappa shape index (κ2) is 5.58. The van der Waals surface area contributed by atoms with Crippen molar-refractivity contribution in [1.29, 1.82) is 0 Å². The van der Waals surface area contributed by atoms with E-state index < -0.39 is 0 Å². The molecular weight excluding hydrogens is 266 g/mol. The number of carbonyl (C=O) groups excluding carboxylic acids is 2. The molecule has 2 aliphatic heterocycles. The van der Waals surface area contributed by atoms with Gasteiger partial charge in [-0.3, -0.25) is 19.9 Å². The lowest BCUT2D eigenvalue weighted by Crippen LogP contribution is -2.54. The van der Waals surface area contributed by atoms with E-state index in [1.165, 1.54) is 0 Å². The highest BCUT2D eigenvalue weighted by Gasteiger charge is 2.46. The molecule has 3 atom stereocenters. The first-order valence-corrected chi connectivity index (χ1v) is 7.55. The van der Waals surface area contributed by atoms with E-state index in [1.807, 2.05) is 12.1 Å². The molecule has 21 heavy (non-hydrogen) atoms. The van der Waals surface area contributed by atoms with E-state index >= 15 is 0 Å². The zero-order valence-corrected chi connectivity index (χ0v) is 12.2. The molecule has 4 rings (SSSR count). The van der Waals surface area contributed by atoms with Crippen LogP contribution in [0.25, 0.3) is 0 Å². The molecule has 112 valence electrons. The highest BCUT2D eigenvalue weighted by atomic mass is 16.2. The second-order valence-corrected chi connectivity index (χ2v) is 5.88. The van der Waals surface area contributed by atoms with Crippen LogP contribution in [0.15, 0.2) is 24.3 Å². The largest absolute Gasteiger partial charge is 0.299 e. The lowest BCUT2D eigenvalue weighted by atomic mass is 9.71. The van der Waals surface area contributed by atoms with Gasteiger partial charge in [-0.2, -0.15) is 0 Å². The Labute approximate surface area is 124 Å². The first-order valence-electron chi connectivity index (χ1n) is 7.55. The molecule has 1 amide bonds. The van der Waals surface area contributed by atoms with Gasteiger partial charge in [0, 0.05) is 30.0 Å². The van der Waals surface area contributed by atoms with Gasteiger partial charge in [0.25, 0.3) is 5.91 Å². The molecule has 3 N–H and O–H groups in total. The number of nitrogens with one attached hydrogen (secondary N) is 1. The third-order valence-corrected chi connectivity index (χ3v) is 4.88. The highest BCUT2D eigenvalue weighted by molar-refractivity contribution is 5.93. The quantitative estimate of drug-likeness (QED) is 0.500. The topological polar surface area (TPSA) is 75.4 Å². The smallest absolute Gasteiger partial charge is 0.265 e. The Morgan fingerprint density at radius 3 is 2.62 bits per heavy atom. The molecule has 2 saturated heterocycles. The van der Waals surface area contributed by atoms with Crippen LogP contribution < -0.4 is 11.3 Å². The number of Topliss-reactive ketones (excluding diaryl/α,β-unsaturated/α-hetero) is 1. The fourth-order valence-corrected chi connectivity index (χ4v) is 3.89. The first-order chi connectivity index (χ1) is 10.2. The van der Waals surface area contributed by atoms with Crippen LogP contribution >= 0.6 is 0 Å². The Balaban J connectivity index is 1.90. The van der Waals surface area contributed by atoms with Gasteiger partial charge in [-0.05, 0) is 37.1 Å². The molecule has 5 nitrogen and oxygen atoms in total. The number of carbonyl (C=O) groups is 2. The Morgan fingerprint density at radius 1 is 1.33 bits per heavy atom. The van der Waals surface area contributed by atoms with Crippen molar-refractivity contribution in [3.8, 4) is 0 Å². The van der Waals surface area contributed by atoms with Crippen molar-refractivity contribution in [2.75, 3.05) is 6.54 Å². The molecule has 1 saturated carbocycles. The normalized spacial score (nSPS) is 28.7. The predicted molar refractivity (Wildman–Crippen MR) is 79.4 cm³/mol. The molecule has 0 aromatic heterocycles. The third-order valence-electron chi connectivity index (χ3n) is 4.88. The molecule has 3 unspecified atom stereocenters. The van der Waals surface area contributed by atoms with Gasteiger partial charge in [0.2, 0.25) is 0 Å². The van der Waals surface area contributed by atoms with Crippen LogP contribution in [-0.2, 0) is 4.79 Å². The van der Waals surface area contributed by atoms with Crippen LogP contribution in [-0.4, -0.2) is 29.2 Å². The van der Waals surface area contributed by atoms with Crippen LogP contribution in [0.3, 0.4) is 0 Å². The molecule has 1 aromatic carbocycles. The van der Waals surface area contributed by atoms with Crippen LogP contribution in [0, 0.1) is 5.92 Å². The van der Waals surface area contributed by atoms with Crippen molar-refractivity contribution >= 4 is 11.7 Å². The molecule has 3 aliphatic rings. The summed E-state index contributed by atoms with van der Waals surface area (Å²) in [5.41, 5.74) is 3.79. The molecule has 5 heteroatoms. The van der Waals surface area contributed by atoms with E-state index in [-0.39, 0.29) is 17.9 Å². The Bertz CT molecular complexity index is 555. The average molecular weight is 287 g/mol. The number of hydrogen-bond acceptors (Lipinski definition) is 4. The number of hydrogen-bond donors (Lipinski definition) is 2. The molecule has 0 radical (unpaired) electrons. The number of rotatable bonds is 3. The maximum Gasteiger partial charge on any atom is 0.265 e. The fourth-order valence-electron chi connectivity index (χ4n) is 3.89. The average Bonchev–Trinajstić information content (AvgIpc) is 2.54. The van der Waals surface area contributed by atoms with Crippen molar-refractivity contribution in [1.82, 2.24) is 10.3 Å². The van der Waals surface area contributed by atoms with Gasteiger partial charge in [-0.1, -0.05) is 19.1 Å². The summed E-state index contributed by atoms with van der Waals surface area (Å²) < 4.78 is 0. The van der Waals surface area contributed by atoms with E-state index in [0.717, 1.165) is 24.9 Å². The molecule has 2 heterocycles. The molecule has 1 aromatic rings. The van der Waals surface area contributed by atoms with E-state index in [0.29, 0.717) is 23.8 Å². The summed E-state index contributed by atoms with van der Waals surface area (Å²) >= 11 is 0. The summed E-state index contributed by atoms with van der Waals surface area (Å²) in [6.45, 7) is 3.10. The highest BCUT2D eigenvalue weighted by Crippen LogP contribution is 2.45. The first kappa shape index (κ1) is 14.2. The lowest BCUT2D eigenvalue weighted by Gasteiger charge is -2.50. The maximum absolute atomic E-state index is 12.2. The monoisotopic (exact) mass is 287 g/mol. The number of fused-ring (bicyclic) bond motifs is 3. The Morgan fingerprint density at radius 2 is 2.05 bits per heavy atom. The summed E-state index contributed by atoms with van der Waals surface area (Å²) in [5.74, 6) is 5.34. The second-order valence-electron chi connectivity index (χ2n) is 5.88. The summed E-state index contributed by atoms with van der Waals surface area (Å²) in [6.07, 6.45) is 2.80. The minimum Gasteiger partial charge on any atom is -0.299 e. The van der Waals surface area contributed by atoms with Gasteiger partial charge < -0.3 is 0 Å². The number of nitrogens with zero attached hydrogens (tertiary/aromatic N) is 1. The van der Waals surface area contributed by atoms with Crippen molar-refractivity contribution in [2.45, 2.75) is 38.3 Å². The van der Waals surface area contributed by atoms with E-state index in [4.69, 9.17) is 5.84 Å². The number of benzene rings is 1. The van der Waals surface area contributed by atoms with E-state index in [1.54, 1.807) is 12.1 Å². The zero-order valence-electron chi connectivity index (χ0n) is 12.2. The minimum atomic E-state index is -0.296. The lowest BCUT2D eigenvalue weighted by molar-refractivity contribution is -0.137. The van der Waals surface area contributed by atoms with Crippen LogP contribution in [0.2, 0.25) is 0 Å². The van der Waals surface area contributed by atoms with Crippen molar-refractivity contribution in [3.63, 3.8) is 0 Å². The van der Waals surface area contributed by atoms with Gasteiger partial charge in [0.15, 0.2) is 0 Å². The maximum atomic E-state index is 12.2. The van der Waals surface area contributed by atoms with Gasteiger partial charge in [0.1, 0.15) is 5.78 Å². The Kier molecular flexibility index (Phi) is 3.78. The molecule has 2 bridgehead atoms. The molecular formula is C16H21N3O2. The molecule has 0 spiro atoms. The SMILES string of the molecule is CCN1C2CCC(C(=O)C2)C1c1ccc(C(=O)NN)cc1. The van der Waals surface area contributed by atoms with E-state index in [2.05, 4.69) is 17.2 Å². The van der Waals surface area contributed by atoms with E-state index in [9.17, 15) is 9.59 Å². The predicted octanol–water partition coefficient (Wildman–Crippen LogP) is 1.40. The summed E-state index contributed by atoms with van der Waals surface area (Å²) in [7, 11) is 0. The van der Waals surface area contributed by atoms with Crippen LogP contribution in [0.5, 0.6) is 0 Å². The van der Waals surface area contributed by atoms with Gasteiger partial charge in [-0.25, -0.2) is 5.84 Å².